The first-order valence-electron chi connectivity index (χ1n) is 9.20. The van der Waals surface area contributed by atoms with Crippen LogP contribution in [0.4, 0.5) is 33.1 Å². The first kappa shape index (κ1) is 21.5. The topological polar surface area (TPSA) is 102 Å². The number of anilines is 5. The smallest absolute Gasteiger partial charge is 0.338 e. The van der Waals surface area contributed by atoms with E-state index in [2.05, 4.69) is 36.5 Å². The molecule has 0 amide bonds. The van der Waals surface area contributed by atoms with Crippen LogP contribution in [0.3, 0.4) is 0 Å². The molecule has 0 radical (unpaired) electrons. The fraction of sp³-hybridized carbons (Fsp3) is 0.190. The highest BCUT2D eigenvalue weighted by molar-refractivity contribution is 9.10. The number of hydrogen-bond donors (Lipinski definition) is 3. The van der Waals surface area contributed by atoms with Crippen LogP contribution in [0.2, 0.25) is 0 Å². The van der Waals surface area contributed by atoms with Crippen molar-refractivity contribution in [3.8, 4) is 0 Å². The summed E-state index contributed by atoms with van der Waals surface area (Å²) in [5.41, 5.74) is 7.72. The highest BCUT2D eigenvalue weighted by Gasteiger charge is 2.12. The Labute approximate surface area is 182 Å². The van der Waals surface area contributed by atoms with Gasteiger partial charge in [0.15, 0.2) is 11.6 Å². The summed E-state index contributed by atoms with van der Waals surface area (Å²) in [7, 11) is 0. The number of nitrogens with zero attached hydrogens (tertiary/aromatic N) is 2. The average Bonchev–Trinajstić information content (AvgIpc) is 2.71. The van der Waals surface area contributed by atoms with Crippen LogP contribution >= 0.6 is 15.9 Å². The quantitative estimate of drug-likeness (QED) is 0.402. The number of carbonyl (C=O) groups is 1. The third-order valence-electron chi connectivity index (χ3n) is 4.00. The molecule has 0 aliphatic carbocycles. The van der Waals surface area contributed by atoms with Gasteiger partial charge >= 0.3 is 5.97 Å². The van der Waals surface area contributed by atoms with Crippen molar-refractivity contribution in [3.63, 3.8) is 0 Å². The summed E-state index contributed by atoms with van der Waals surface area (Å²) in [6, 6.07) is 11.4. The van der Waals surface area contributed by atoms with Crippen LogP contribution < -0.4 is 16.4 Å². The number of esters is 1. The number of carbonyl (C=O) groups excluding carboxylic acids is 1. The van der Waals surface area contributed by atoms with Gasteiger partial charge in [0, 0.05) is 10.2 Å². The maximum absolute atomic E-state index is 14.1. The van der Waals surface area contributed by atoms with Crippen LogP contribution in [-0.2, 0) is 4.74 Å². The molecule has 0 atom stereocenters. The molecule has 3 aromatic rings. The van der Waals surface area contributed by atoms with Gasteiger partial charge in [-0.3, -0.25) is 0 Å². The molecule has 1 aromatic heterocycles. The average molecular weight is 474 g/mol. The SMILES string of the molecule is CC(C)COC(=O)c1ccc(Nc2ncnc(Nc3ccc(Br)cc3F)c2N)cc1. The molecule has 1 heterocycles. The predicted octanol–water partition coefficient (Wildman–Crippen LogP) is 5.26. The minimum atomic E-state index is -0.447. The fourth-order valence-electron chi connectivity index (χ4n) is 2.47. The Morgan fingerprint density at radius 3 is 2.43 bits per heavy atom. The zero-order valence-corrected chi connectivity index (χ0v) is 18.0. The summed E-state index contributed by atoms with van der Waals surface area (Å²) in [5, 5.41) is 5.94. The van der Waals surface area contributed by atoms with Crippen molar-refractivity contribution in [2.75, 3.05) is 23.0 Å². The van der Waals surface area contributed by atoms with Gasteiger partial charge in [-0.2, -0.15) is 0 Å². The molecular formula is C21H21BrFN5O2. The van der Waals surface area contributed by atoms with E-state index in [9.17, 15) is 9.18 Å². The highest BCUT2D eigenvalue weighted by Crippen LogP contribution is 2.30. The Morgan fingerprint density at radius 1 is 1.13 bits per heavy atom. The largest absolute Gasteiger partial charge is 0.462 e. The Balaban J connectivity index is 1.73. The second-order valence-electron chi connectivity index (χ2n) is 6.93. The summed E-state index contributed by atoms with van der Waals surface area (Å²) >= 11 is 3.22. The van der Waals surface area contributed by atoms with Crippen molar-refractivity contribution in [2.24, 2.45) is 5.92 Å². The van der Waals surface area contributed by atoms with Crippen LogP contribution in [0.5, 0.6) is 0 Å². The van der Waals surface area contributed by atoms with Crippen LogP contribution in [0, 0.1) is 11.7 Å². The molecule has 3 rings (SSSR count). The lowest BCUT2D eigenvalue weighted by Crippen LogP contribution is -2.10. The van der Waals surface area contributed by atoms with E-state index in [4.69, 9.17) is 10.5 Å². The lowest BCUT2D eigenvalue weighted by atomic mass is 10.2. The van der Waals surface area contributed by atoms with Crippen molar-refractivity contribution < 1.29 is 13.9 Å². The number of nitrogen functional groups attached to an aromatic ring is 1. The number of aromatic nitrogens is 2. The monoisotopic (exact) mass is 473 g/mol. The van der Waals surface area contributed by atoms with Gasteiger partial charge < -0.3 is 21.1 Å². The zero-order valence-electron chi connectivity index (χ0n) is 16.4. The Hall–Kier alpha value is -3.20. The lowest BCUT2D eigenvalue weighted by Gasteiger charge is -2.13. The van der Waals surface area contributed by atoms with Crippen molar-refractivity contribution >= 4 is 50.6 Å². The number of halogens is 2. The normalized spacial score (nSPS) is 10.7. The molecule has 156 valence electrons. The molecule has 0 aliphatic rings. The molecule has 0 fully saturated rings. The minimum Gasteiger partial charge on any atom is -0.462 e. The van der Waals surface area contributed by atoms with E-state index in [1.165, 1.54) is 12.4 Å². The van der Waals surface area contributed by atoms with Crippen LogP contribution in [0.25, 0.3) is 0 Å². The van der Waals surface area contributed by atoms with E-state index in [1.807, 2.05) is 13.8 Å². The zero-order chi connectivity index (χ0) is 21.7. The third kappa shape index (κ3) is 5.44. The number of benzene rings is 2. The van der Waals surface area contributed by atoms with E-state index in [-0.39, 0.29) is 29.1 Å². The standard InChI is InChI=1S/C21H21BrFN5O2/c1-12(2)10-30-21(29)13-3-6-15(7-4-13)27-19-18(24)20(26-11-25-19)28-17-8-5-14(22)9-16(17)23/h3-9,11-12H,10,24H2,1-2H3,(H2,25,26,27,28). The van der Waals surface area contributed by atoms with Crippen LogP contribution in [0.15, 0.2) is 53.3 Å². The summed E-state index contributed by atoms with van der Waals surface area (Å²) in [6.07, 6.45) is 1.31. The van der Waals surface area contributed by atoms with Gasteiger partial charge in [-0.25, -0.2) is 19.2 Å². The van der Waals surface area contributed by atoms with Crippen molar-refractivity contribution in [2.45, 2.75) is 13.8 Å². The van der Waals surface area contributed by atoms with Crippen molar-refractivity contribution in [3.05, 3.63) is 64.6 Å². The minimum absolute atomic E-state index is 0.222. The summed E-state index contributed by atoms with van der Waals surface area (Å²) < 4.78 is 19.9. The van der Waals surface area contributed by atoms with Crippen LogP contribution in [-0.4, -0.2) is 22.5 Å². The first-order chi connectivity index (χ1) is 14.3. The molecule has 7 nitrogen and oxygen atoms in total. The van der Waals surface area contributed by atoms with Gasteiger partial charge in [0.2, 0.25) is 0 Å². The molecule has 0 bridgehead atoms. The molecule has 0 aliphatic heterocycles. The van der Waals surface area contributed by atoms with Crippen LogP contribution in [0.1, 0.15) is 24.2 Å². The molecule has 30 heavy (non-hydrogen) atoms. The summed E-state index contributed by atoms with van der Waals surface area (Å²) in [4.78, 5) is 20.2. The highest BCUT2D eigenvalue weighted by atomic mass is 79.9. The third-order valence-corrected chi connectivity index (χ3v) is 4.49. The van der Waals surface area contributed by atoms with Gasteiger partial charge in [-0.1, -0.05) is 29.8 Å². The van der Waals surface area contributed by atoms with E-state index in [0.29, 0.717) is 28.1 Å². The van der Waals surface area contributed by atoms with E-state index in [1.54, 1.807) is 36.4 Å². The second kappa shape index (κ2) is 9.53. The molecule has 0 saturated carbocycles. The van der Waals surface area contributed by atoms with Gasteiger partial charge in [-0.05, 0) is 48.4 Å². The first-order valence-corrected chi connectivity index (χ1v) is 9.99. The number of nitrogens with one attached hydrogen (secondary N) is 2. The van der Waals surface area contributed by atoms with E-state index in [0.717, 1.165) is 0 Å². The van der Waals surface area contributed by atoms with Gasteiger partial charge in [-0.15, -0.1) is 0 Å². The van der Waals surface area contributed by atoms with Gasteiger partial charge in [0.1, 0.15) is 17.8 Å². The molecule has 4 N–H and O–H groups in total. The number of nitrogens with two attached hydrogens (primary N) is 1. The van der Waals surface area contributed by atoms with E-state index < -0.39 is 5.82 Å². The number of rotatable bonds is 7. The maximum atomic E-state index is 14.1. The lowest BCUT2D eigenvalue weighted by molar-refractivity contribution is 0.0459. The predicted molar refractivity (Wildman–Crippen MR) is 119 cm³/mol. The molecule has 9 heteroatoms. The number of hydrogen-bond acceptors (Lipinski definition) is 7. The maximum Gasteiger partial charge on any atom is 0.338 e. The van der Waals surface area contributed by atoms with Gasteiger partial charge in [0.05, 0.1) is 17.9 Å². The fourth-order valence-corrected chi connectivity index (χ4v) is 2.80. The summed E-state index contributed by atoms with van der Waals surface area (Å²) in [6.45, 7) is 4.31. The molecule has 2 aromatic carbocycles. The molecule has 0 spiro atoms. The molecule has 0 unspecified atom stereocenters. The van der Waals surface area contributed by atoms with Crippen molar-refractivity contribution in [1.82, 2.24) is 9.97 Å². The Morgan fingerprint density at radius 2 is 1.80 bits per heavy atom. The van der Waals surface area contributed by atoms with Gasteiger partial charge in [0.25, 0.3) is 0 Å². The summed E-state index contributed by atoms with van der Waals surface area (Å²) in [5.74, 6) is 0.0590. The van der Waals surface area contributed by atoms with Crippen molar-refractivity contribution in [1.29, 1.82) is 0 Å². The van der Waals surface area contributed by atoms with E-state index >= 15 is 0 Å². The second-order valence-corrected chi connectivity index (χ2v) is 7.84. The molecular weight excluding hydrogens is 453 g/mol. The molecule has 0 saturated heterocycles. The number of ether oxygens (including phenoxy) is 1. The Bertz CT molecular complexity index is 1040. The Kier molecular flexibility index (Phi) is 6.83.